The monoisotopic (exact) mass is 207 g/mol. The van der Waals surface area contributed by atoms with Crippen molar-refractivity contribution in [2.45, 2.75) is 63.8 Å². The average Bonchev–Trinajstić information content (AvgIpc) is 2.52. The first-order chi connectivity index (χ1) is 7.19. The number of fused-ring (bicyclic) bond motifs is 1. The fourth-order valence-electron chi connectivity index (χ4n) is 4.42. The van der Waals surface area contributed by atoms with Gasteiger partial charge in [-0.05, 0) is 31.6 Å². The zero-order valence-corrected chi connectivity index (χ0v) is 9.64. The third-order valence-corrected chi connectivity index (χ3v) is 5.48. The van der Waals surface area contributed by atoms with Gasteiger partial charge in [0, 0.05) is 17.4 Å². The minimum Gasteiger partial charge on any atom is -0.350 e. The molecule has 15 heavy (non-hydrogen) atoms. The van der Waals surface area contributed by atoms with Crippen LogP contribution in [0.25, 0.3) is 0 Å². The molecule has 1 N–H and O–H groups in total. The molecule has 0 aromatic heterocycles. The summed E-state index contributed by atoms with van der Waals surface area (Å²) >= 11 is 0. The topological polar surface area (TPSA) is 29.1 Å². The highest BCUT2D eigenvalue weighted by molar-refractivity contribution is 5.81. The molecule has 84 valence electrons. The minimum atomic E-state index is 0.208. The highest BCUT2D eigenvalue weighted by Crippen LogP contribution is 2.62. The number of rotatable bonds is 0. The van der Waals surface area contributed by atoms with Crippen LogP contribution in [0.3, 0.4) is 0 Å². The smallest absolute Gasteiger partial charge is 0.221 e. The molecule has 2 unspecified atom stereocenters. The molecule has 2 spiro atoms. The van der Waals surface area contributed by atoms with E-state index in [4.69, 9.17) is 0 Å². The van der Waals surface area contributed by atoms with Crippen molar-refractivity contribution in [3.05, 3.63) is 0 Å². The van der Waals surface area contributed by atoms with E-state index in [0.717, 1.165) is 12.3 Å². The van der Waals surface area contributed by atoms with Crippen molar-refractivity contribution in [1.82, 2.24) is 5.32 Å². The van der Waals surface area contributed by atoms with Gasteiger partial charge in [-0.15, -0.1) is 0 Å². The second-order valence-electron chi connectivity index (χ2n) is 5.96. The van der Waals surface area contributed by atoms with Crippen molar-refractivity contribution < 1.29 is 4.79 Å². The molecule has 3 rings (SSSR count). The Labute approximate surface area is 91.8 Å². The summed E-state index contributed by atoms with van der Waals surface area (Å²) in [6.45, 7) is 2.35. The molecule has 0 aromatic carbocycles. The Morgan fingerprint density at radius 2 is 1.93 bits per heavy atom. The minimum absolute atomic E-state index is 0.208. The molecule has 2 heteroatoms. The molecule has 0 bridgehead atoms. The van der Waals surface area contributed by atoms with Crippen LogP contribution in [-0.4, -0.2) is 11.4 Å². The van der Waals surface area contributed by atoms with E-state index < -0.39 is 0 Å². The summed E-state index contributed by atoms with van der Waals surface area (Å²) in [5.41, 5.74) is 0.560. The third-order valence-electron chi connectivity index (χ3n) is 5.48. The molecule has 2 aliphatic carbocycles. The molecular weight excluding hydrogens is 186 g/mol. The molecule has 2 nitrogen and oxygen atoms in total. The molecule has 3 fully saturated rings. The molecule has 1 amide bonds. The molecule has 3 aliphatic rings. The molecule has 2 atom stereocenters. The summed E-state index contributed by atoms with van der Waals surface area (Å²) in [6, 6.07) is 0. The predicted molar refractivity (Wildman–Crippen MR) is 59.4 cm³/mol. The zero-order valence-electron chi connectivity index (χ0n) is 9.64. The van der Waals surface area contributed by atoms with E-state index in [0.29, 0.717) is 11.3 Å². The average molecular weight is 207 g/mol. The van der Waals surface area contributed by atoms with Gasteiger partial charge in [-0.25, -0.2) is 0 Å². The second-order valence-corrected chi connectivity index (χ2v) is 5.96. The second kappa shape index (κ2) is 2.99. The van der Waals surface area contributed by atoms with Crippen molar-refractivity contribution in [1.29, 1.82) is 0 Å². The van der Waals surface area contributed by atoms with Crippen LogP contribution in [0, 0.1) is 11.3 Å². The van der Waals surface area contributed by atoms with Gasteiger partial charge in [0.05, 0.1) is 0 Å². The summed E-state index contributed by atoms with van der Waals surface area (Å²) in [7, 11) is 0. The number of hydrogen-bond acceptors (Lipinski definition) is 1. The molecule has 1 heterocycles. The van der Waals surface area contributed by atoms with Crippen molar-refractivity contribution in [3.63, 3.8) is 0 Å². The highest BCUT2D eigenvalue weighted by atomic mass is 16.2. The predicted octanol–water partition coefficient (Wildman–Crippen LogP) is 2.63. The number of carbonyl (C=O) groups excluding carboxylic acids is 1. The van der Waals surface area contributed by atoms with Gasteiger partial charge in [-0.2, -0.15) is 0 Å². The van der Waals surface area contributed by atoms with Gasteiger partial charge < -0.3 is 5.32 Å². The Morgan fingerprint density at radius 1 is 1.20 bits per heavy atom. The SMILES string of the molecule is CC1CCC12CC(=O)NC21CCCCC1. The maximum Gasteiger partial charge on any atom is 0.221 e. The van der Waals surface area contributed by atoms with Crippen molar-refractivity contribution in [2.75, 3.05) is 0 Å². The van der Waals surface area contributed by atoms with E-state index in [9.17, 15) is 4.79 Å². The van der Waals surface area contributed by atoms with Crippen LogP contribution in [0.15, 0.2) is 0 Å². The fraction of sp³-hybridized carbons (Fsp3) is 0.923. The van der Waals surface area contributed by atoms with Crippen LogP contribution >= 0.6 is 0 Å². The van der Waals surface area contributed by atoms with E-state index in [1.807, 2.05) is 0 Å². The lowest BCUT2D eigenvalue weighted by molar-refractivity contribution is -0.120. The van der Waals surface area contributed by atoms with Crippen LogP contribution in [0.2, 0.25) is 0 Å². The quantitative estimate of drug-likeness (QED) is 0.650. The van der Waals surface area contributed by atoms with Gasteiger partial charge in [0.25, 0.3) is 0 Å². The zero-order chi connectivity index (χ0) is 10.5. The summed E-state index contributed by atoms with van der Waals surface area (Å²) < 4.78 is 0. The fourth-order valence-corrected chi connectivity index (χ4v) is 4.42. The van der Waals surface area contributed by atoms with E-state index in [1.54, 1.807) is 0 Å². The number of hydrogen-bond donors (Lipinski definition) is 1. The normalized spacial score (nSPS) is 43.0. The van der Waals surface area contributed by atoms with Crippen molar-refractivity contribution >= 4 is 5.91 Å². The summed E-state index contributed by atoms with van der Waals surface area (Å²) in [4.78, 5) is 11.8. The van der Waals surface area contributed by atoms with Crippen LogP contribution in [0.1, 0.15) is 58.3 Å². The molecule has 0 aromatic rings. The number of amides is 1. The molecule has 1 aliphatic heterocycles. The number of carbonyl (C=O) groups is 1. The lowest BCUT2D eigenvalue weighted by atomic mass is 9.49. The van der Waals surface area contributed by atoms with Crippen LogP contribution < -0.4 is 5.32 Å². The van der Waals surface area contributed by atoms with Crippen molar-refractivity contribution in [2.24, 2.45) is 11.3 Å². The largest absolute Gasteiger partial charge is 0.350 e. The first-order valence-corrected chi connectivity index (χ1v) is 6.50. The standard InChI is InChI=1S/C13H21NO/c1-10-5-8-12(10)9-11(15)14-13(12)6-3-2-4-7-13/h10H,2-9H2,1H3,(H,14,15). The number of nitrogens with one attached hydrogen (secondary N) is 1. The van der Waals surface area contributed by atoms with Gasteiger partial charge in [-0.1, -0.05) is 26.2 Å². The first-order valence-electron chi connectivity index (χ1n) is 6.50. The van der Waals surface area contributed by atoms with Crippen LogP contribution in [-0.2, 0) is 4.79 Å². The highest BCUT2D eigenvalue weighted by Gasteiger charge is 2.63. The lowest BCUT2D eigenvalue weighted by Crippen LogP contribution is -2.59. The first kappa shape index (κ1) is 9.68. The van der Waals surface area contributed by atoms with Crippen LogP contribution in [0.4, 0.5) is 0 Å². The summed E-state index contributed by atoms with van der Waals surface area (Å²) in [6.07, 6.45) is 9.90. The third kappa shape index (κ3) is 1.08. The maximum absolute atomic E-state index is 11.8. The Hall–Kier alpha value is -0.530. The Balaban J connectivity index is 1.94. The van der Waals surface area contributed by atoms with E-state index in [2.05, 4.69) is 12.2 Å². The van der Waals surface area contributed by atoms with E-state index in [1.165, 1.54) is 44.9 Å². The van der Waals surface area contributed by atoms with Crippen LogP contribution in [0.5, 0.6) is 0 Å². The van der Waals surface area contributed by atoms with E-state index >= 15 is 0 Å². The van der Waals surface area contributed by atoms with E-state index in [-0.39, 0.29) is 5.54 Å². The van der Waals surface area contributed by atoms with Gasteiger partial charge in [0.15, 0.2) is 0 Å². The maximum atomic E-state index is 11.8. The molecule has 2 saturated carbocycles. The Kier molecular flexibility index (Phi) is 1.93. The summed E-state index contributed by atoms with van der Waals surface area (Å²) in [5, 5.41) is 3.35. The molecule has 1 saturated heterocycles. The van der Waals surface area contributed by atoms with Gasteiger partial charge >= 0.3 is 0 Å². The molecular formula is C13H21NO. The Morgan fingerprint density at radius 3 is 2.47 bits per heavy atom. The van der Waals surface area contributed by atoms with Gasteiger partial charge in [0.2, 0.25) is 5.91 Å². The summed E-state index contributed by atoms with van der Waals surface area (Å²) in [5.74, 6) is 1.08. The lowest BCUT2D eigenvalue weighted by Gasteiger charge is -2.57. The molecule has 0 radical (unpaired) electrons. The van der Waals surface area contributed by atoms with Crippen molar-refractivity contribution in [3.8, 4) is 0 Å². The Bertz CT molecular complexity index is 293. The van der Waals surface area contributed by atoms with Gasteiger partial charge in [0.1, 0.15) is 0 Å². The van der Waals surface area contributed by atoms with Gasteiger partial charge in [-0.3, -0.25) is 4.79 Å².